The molecule has 20 heavy (non-hydrogen) atoms. The number of carbonyl (C=O) groups is 2. The van der Waals surface area contributed by atoms with Crippen molar-refractivity contribution in [2.24, 2.45) is 0 Å². The van der Waals surface area contributed by atoms with Crippen LogP contribution in [0.25, 0.3) is 0 Å². The molecule has 1 aromatic carbocycles. The van der Waals surface area contributed by atoms with Crippen LogP contribution in [0.4, 0.5) is 5.69 Å². The van der Waals surface area contributed by atoms with Crippen molar-refractivity contribution in [3.05, 3.63) is 24.3 Å². The molecule has 0 fully saturated rings. The molecule has 1 aromatic rings. The Kier molecular flexibility index (Phi) is 6.56. The summed E-state index contributed by atoms with van der Waals surface area (Å²) in [5, 5.41) is 2.77. The summed E-state index contributed by atoms with van der Waals surface area (Å²) in [6.07, 6.45) is 1.87. The Morgan fingerprint density at radius 3 is 2.60 bits per heavy atom. The van der Waals surface area contributed by atoms with E-state index in [1.807, 2.05) is 19.1 Å². The molecule has 0 aliphatic heterocycles. The van der Waals surface area contributed by atoms with Gasteiger partial charge in [-0.25, -0.2) is 0 Å². The van der Waals surface area contributed by atoms with Crippen LogP contribution in [0.1, 0.15) is 26.7 Å². The minimum atomic E-state index is -0.221. The molecule has 1 rings (SSSR count). The summed E-state index contributed by atoms with van der Waals surface area (Å²) in [5.41, 5.74) is 0.610. The van der Waals surface area contributed by atoms with Gasteiger partial charge in [0.2, 0.25) is 11.8 Å². The minimum Gasteiger partial charge on any atom is -0.495 e. The molecule has 1 N–H and O–H groups in total. The van der Waals surface area contributed by atoms with Gasteiger partial charge in [0.25, 0.3) is 0 Å². The van der Waals surface area contributed by atoms with Gasteiger partial charge in [0, 0.05) is 13.5 Å². The predicted octanol–water partition coefficient (Wildman–Crippen LogP) is 2.28. The maximum Gasteiger partial charge on any atom is 0.244 e. The van der Waals surface area contributed by atoms with Crippen LogP contribution in [-0.4, -0.2) is 36.9 Å². The van der Waals surface area contributed by atoms with E-state index >= 15 is 0 Å². The number of para-hydroxylation sites is 2. The fourth-order valence-electron chi connectivity index (χ4n) is 1.81. The Morgan fingerprint density at radius 2 is 2.00 bits per heavy atom. The van der Waals surface area contributed by atoms with E-state index in [1.165, 1.54) is 6.92 Å². The molecule has 0 aromatic heterocycles. The first-order valence-electron chi connectivity index (χ1n) is 6.76. The Labute approximate surface area is 119 Å². The van der Waals surface area contributed by atoms with Gasteiger partial charge in [-0.05, 0) is 18.6 Å². The number of benzene rings is 1. The third-order valence-electron chi connectivity index (χ3n) is 2.94. The summed E-state index contributed by atoms with van der Waals surface area (Å²) in [6.45, 7) is 4.19. The number of hydrogen-bond acceptors (Lipinski definition) is 3. The topological polar surface area (TPSA) is 58.6 Å². The van der Waals surface area contributed by atoms with Crippen LogP contribution < -0.4 is 10.1 Å². The van der Waals surface area contributed by atoms with Crippen molar-refractivity contribution in [2.45, 2.75) is 26.7 Å². The molecular formula is C15H22N2O3. The lowest BCUT2D eigenvalue weighted by atomic mass is 10.2. The zero-order valence-corrected chi connectivity index (χ0v) is 12.3. The average molecular weight is 278 g/mol. The van der Waals surface area contributed by atoms with Gasteiger partial charge in [-0.3, -0.25) is 9.59 Å². The molecule has 0 heterocycles. The number of rotatable bonds is 7. The summed E-state index contributed by atoms with van der Waals surface area (Å²) < 4.78 is 5.17. The van der Waals surface area contributed by atoms with E-state index < -0.39 is 0 Å². The van der Waals surface area contributed by atoms with Crippen LogP contribution in [0.3, 0.4) is 0 Å². The first-order chi connectivity index (χ1) is 9.58. The van der Waals surface area contributed by atoms with Gasteiger partial charge in [0.1, 0.15) is 5.75 Å². The van der Waals surface area contributed by atoms with Gasteiger partial charge < -0.3 is 15.0 Å². The second-order valence-electron chi connectivity index (χ2n) is 4.54. The Balaban J connectivity index is 2.63. The molecule has 5 nitrogen and oxygen atoms in total. The van der Waals surface area contributed by atoms with Crippen molar-refractivity contribution in [3.63, 3.8) is 0 Å². The maximum atomic E-state index is 12.0. The van der Waals surface area contributed by atoms with Gasteiger partial charge in [0.05, 0.1) is 19.3 Å². The Bertz CT molecular complexity index is 460. The average Bonchev–Trinajstić information content (AvgIpc) is 2.43. The van der Waals surface area contributed by atoms with Crippen molar-refractivity contribution in [2.75, 3.05) is 25.5 Å². The smallest absolute Gasteiger partial charge is 0.244 e. The van der Waals surface area contributed by atoms with Gasteiger partial charge in [0.15, 0.2) is 0 Å². The van der Waals surface area contributed by atoms with Gasteiger partial charge >= 0.3 is 0 Å². The van der Waals surface area contributed by atoms with E-state index in [1.54, 1.807) is 24.1 Å². The molecule has 0 saturated carbocycles. The molecule has 0 spiro atoms. The van der Waals surface area contributed by atoms with Crippen LogP contribution in [0.15, 0.2) is 24.3 Å². The number of nitrogens with one attached hydrogen (secondary N) is 1. The largest absolute Gasteiger partial charge is 0.495 e. The summed E-state index contributed by atoms with van der Waals surface area (Å²) >= 11 is 0. The van der Waals surface area contributed by atoms with Crippen molar-refractivity contribution >= 4 is 17.5 Å². The van der Waals surface area contributed by atoms with Crippen LogP contribution >= 0.6 is 0 Å². The number of methoxy groups -OCH3 is 1. The lowest BCUT2D eigenvalue weighted by Gasteiger charge is -2.20. The van der Waals surface area contributed by atoms with Crippen molar-refractivity contribution in [1.29, 1.82) is 0 Å². The molecule has 5 heteroatoms. The predicted molar refractivity (Wildman–Crippen MR) is 78.8 cm³/mol. The normalized spacial score (nSPS) is 9.95. The minimum absolute atomic E-state index is 0.0629. The first-order valence-corrected chi connectivity index (χ1v) is 6.76. The Hall–Kier alpha value is -2.04. The van der Waals surface area contributed by atoms with Crippen LogP contribution in [0, 0.1) is 0 Å². The van der Waals surface area contributed by atoms with E-state index in [9.17, 15) is 9.59 Å². The quantitative estimate of drug-likeness (QED) is 0.832. The van der Waals surface area contributed by atoms with E-state index in [0.717, 1.165) is 12.8 Å². The molecule has 0 atom stereocenters. The molecule has 0 aliphatic carbocycles. The van der Waals surface area contributed by atoms with Crippen molar-refractivity contribution < 1.29 is 14.3 Å². The van der Waals surface area contributed by atoms with E-state index in [0.29, 0.717) is 18.0 Å². The summed E-state index contributed by atoms with van der Waals surface area (Å²) in [6, 6.07) is 7.19. The van der Waals surface area contributed by atoms with Gasteiger partial charge in [-0.1, -0.05) is 25.5 Å². The number of ether oxygens (including phenoxy) is 1. The summed E-state index contributed by atoms with van der Waals surface area (Å²) in [4.78, 5) is 25.0. The highest BCUT2D eigenvalue weighted by Gasteiger charge is 2.14. The van der Waals surface area contributed by atoms with Crippen LogP contribution in [0.5, 0.6) is 5.75 Å². The van der Waals surface area contributed by atoms with E-state index in [4.69, 9.17) is 4.74 Å². The molecule has 0 radical (unpaired) electrons. The molecule has 110 valence electrons. The number of hydrogen-bond donors (Lipinski definition) is 1. The third kappa shape index (κ3) is 4.91. The first kappa shape index (κ1) is 16.0. The highest BCUT2D eigenvalue weighted by atomic mass is 16.5. The van der Waals surface area contributed by atoms with E-state index in [-0.39, 0.29) is 18.4 Å². The molecule has 0 bridgehead atoms. The number of amides is 2. The second-order valence-corrected chi connectivity index (χ2v) is 4.54. The zero-order chi connectivity index (χ0) is 15.0. The molecule has 0 saturated heterocycles. The van der Waals surface area contributed by atoms with Crippen molar-refractivity contribution in [1.82, 2.24) is 4.90 Å². The lowest BCUT2D eigenvalue weighted by molar-refractivity contribution is -0.132. The third-order valence-corrected chi connectivity index (χ3v) is 2.94. The fraction of sp³-hybridized carbons (Fsp3) is 0.467. The van der Waals surface area contributed by atoms with E-state index in [2.05, 4.69) is 5.32 Å². The number of carbonyl (C=O) groups excluding carboxylic acids is 2. The SMILES string of the molecule is CCCCN(CC(=O)Nc1ccccc1OC)C(C)=O. The number of unbranched alkanes of at least 4 members (excludes halogenated alkanes) is 1. The lowest BCUT2D eigenvalue weighted by Crippen LogP contribution is -2.37. The molecular weight excluding hydrogens is 256 g/mol. The number of anilines is 1. The molecule has 0 unspecified atom stereocenters. The van der Waals surface area contributed by atoms with Crippen LogP contribution in [0.2, 0.25) is 0 Å². The van der Waals surface area contributed by atoms with Crippen LogP contribution in [-0.2, 0) is 9.59 Å². The monoisotopic (exact) mass is 278 g/mol. The second kappa shape index (κ2) is 8.19. The highest BCUT2D eigenvalue weighted by molar-refractivity contribution is 5.95. The van der Waals surface area contributed by atoms with Crippen molar-refractivity contribution in [3.8, 4) is 5.75 Å². The Morgan fingerprint density at radius 1 is 1.30 bits per heavy atom. The highest BCUT2D eigenvalue weighted by Crippen LogP contribution is 2.22. The zero-order valence-electron chi connectivity index (χ0n) is 12.3. The summed E-state index contributed by atoms with van der Waals surface area (Å²) in [5.74, 6) is 0.290. The molecule has 2 amide bonds. The summed E-state index contributed by atoms with van der Waals surface area (Å²) in [7, 11) is 1.55. The van der Waals surface area contributed by atoms with Gasteiger partial charge in [-0.2, -0.15) is 0 Å². The standard InChI is InChI=1S/C15H22N2O3/c1-4-5-10-17(12(2)18)11-15(19)16-13-8-6-7-9-14(13)20-3/h6-9H,4-5,10-11H2,1-3H3,(H,16,19). The maximum absolute atomic E-state index is 12.0. The van der Waals surface area contributed by atoms with Gasteiger partial charge in [-0.15, -0.1) is 0 Å². The number of nitrogens with zero attached hydrogens (tertiary/aromatic N) is 1. The fourth-order valence-corrected chi connectivity index (χ4v) is 1.81. The molecule has 0 aliphatic rings.